The number of aryl methyl sites for hydroxylation is 1. The van der Waals surface area contributed by atoms with Crippen LogP contribution in [-0.4, -0.2) is 31.1 Å². The van der Waals surface area contributed by atoms with Gasteiger partial charge in [0.2, 0.25) is 0 Å². The highest BCUT2D eigenvalue weighted by molar-refractivity contribution is 5.63. The first-order chi connectivity index (χ1) is 11.2. The van der Waals surface area contributed by atoms with Gasteiger partial charge in [0.25, 0.3) is 0 Å². The van der Waals surface area contributed by atoms with Crippen LogP contribution < -0.4 is 5.32 Å². The largest absolute Gasteiger partial charge is 0.313 e. The molecule has 2 rings (SSSR count). The molecule has 0 unspecified atom stereocenters. The first-order valence-corrected chi connectivity index (χ1v) is 8.82. The van der Waals surface area contributed by atoms with E-state index in [0.717, 1.165) is 26.2 Å². The second kappa shape index (κ2) is 9.49. The minimum absolute atomic E-state index is 0.951. The molecule has 0 radical (unpaired) electrons. The minimum atomic E-state index is 0.951. The van der Waals surface area contributed by atoms with Crippen LogP contribution in [0.1, 0.15) is 31.4 Å². The van der Waals surface area contributed by atoms with Gasteiger partial charge in [0.15, 0.2) is 0 Å². The average molecular weight is 310 g/mol. The Bertz CT molecular complexity index is 553. The van der Waals surface area contributed by atoms with E-state index in [1.807, 2.05) is 0 Å². The van der Waals surface area contributed by atoms with Crippen LogP contribution in [0.2, 0.25) is 0 Å². The second-order valence-electron chi connectivity index (χ2n) is 6.12. The van der Waals surface area contributed by atoms with Gasteiger partial charge in [-0.3, -0.25) is 0 Å². The lowest BCUT2D eigenvalue weighted by atomic mass is 10.0. The molecule has 0 aliphatic heterocycles. The van der Waals surface area contributed by atoms with Crippen molar-refractivity contribution in [3.05, 3.63) is 59.7 Å². The third-order valence-electron chi connectivity index (χ3n) is 4.39. The highest BCUT2D eigenvalue weighted by atomic mass is 15.1. The van der Waals surface area contributed by atoms with Crippen molar-refractivity contribution < 1.29 is 0 Å². The highest BCUT2D eigenvalue weighted by Gasteiger charge is 2.00. The zero-order chi connectivity index (χ0) is 16.5. The lowest BCUT2D eigenvalue weighted by Gasteiger charge is -2.17. The summed E-state index contributed by atoms with van der Waals surface area (Å²) in [5, 5.41) is 3.55. The number of hydrogen-bond donors (Lipinski definition) is 1. The van der Waals surface area contributed by atoms with Gasteiger partial charge in [-0.15, -0.1) is 0 Å². The minimum Gasteiger partial charge on any atom is -0.313 e. The summed E-state index contributed by atoms with van der Waals surface area (Å²) in [4.78, 5) is 2.47. The van der Waals surface area contributed by atoms with Crippen LogP contribution >= 0.6 is 0 Å². The molecule has 0 fully saturated rings. The zero-order valence-corrected chi connectivity index (χ0v) is 14.8. The summed E-state index contributed by atoms with van der Waals surface area (Å²) in [5.74, 6) is 0. The molecule has 0 spiro atoms. The fourth-order valence-electron chi connectivity index (χ4n) is 2.76. The molecule has 124 valence electrons. The van der Waals surface area contributed by atoms with Crippen LogP contribution in [0.3, 0.4) is 0 Å². The van der Waals surface area contributed by atoms with Crippen LogP contribution in [0, 0.1) is 6.92 Å². The number of nitrogens with zero attached hydrogens (tertiary/aromatic N) is 1. The van der Waals surface area contributed by atoms with Crippen molar-refractivity contribution in [1.82, 2.24) is 10.2 Å². The predicted molar refractivity (Wildman–Crippen MR) is 101 cm³/mol. The Morgan fingerprint density at radius 3 is 1.96 bits per heavy atom. The third kappa shape index (κ3) is 5.81. The monoisotopic (exact) mass is 310 g/mol. The Hall–Kier alpha value is -1.64. The lowest BCUT2D eigenvalue weighted by molar-refractivity contribution is 0.298. The van der Waals surface area contributed by atoms with Gasteiger partial charge >= 0.3 is 0 Å². The van der Waals surface area contributed by atoms with Gasteiger partial charge in [-0.05, 0) is 56.2 Å². The molecule has 0 aliphatic carbocycles. The molecule has 0 atom stereocenters. The molecule has 0 saturated carbocycles. The van der Waals surface area contributed by atoms with Gasteiger partial charge in [-0.1, -0.05) is 67.9 Å². The van der Waals surface area contributed by atoms with Crippen molar-refractivity contribution in [2.45, 2.75) is 33.7 Å². The van der Waals surface area contributed by atoms with Gasteiger partial charge in [0.05, 0.1) is 0 Å². The second-order valence-corrected chi connectivity index (χ2v) is 6.12. The molecular weight excluding hydrogens is 280 g/mol. The summed E-state index contributed by atoms with van der Waals surface area (Å²) in [6, 6.07) is 17.6. The summed E-state index contributed by atoms with van der Waals surface area (Å²) in [5.41, 5.74) is 5.23. The normalized spacial score (nSPS) is 11.1. The van der Waals surface area contributed by atoms with E-state index in [1.165, 1.54) is 35.2 Å². The van der Waals surface area contributed by atoms with E-state index in [-0.39, 0.29) is 0 Å². The zero-order valence-electron chi connectivity index (χ0n) is 14.8. The smallest absolute Gasteiger partial charge is 0.0205 e. The fraction of sp³-hybridized carbons (Fsp3) is 0.429. The SMILES string of the molecule is CCN(CC)CCCNCc1ccc(-c2ccc(C)cc2)cc1. The summed E-state index contributed by atoms with van der Waals surface area (Å²) < 4.78 is 0. The average Bonchev–Trinajstić information content (AvgIpc) is 2.59. The van der Waals surface area contributed by atoms with Crippen molar-refractivity contribution in [2.24, 2.45) is 0 Å². The van der Waals surface area contributed by atoms with Crippen molar-refractivity contribution >= 4 is 0 Å². The van der Waals surface area contributed by atoms with Crippen molar-refractivity contribution in [3.63, 3.8) is 0 Å². The van der Waals surface area contributed by atoms with Gasteiger partial charge < -0.3 is 10.2 Å². The molecule has 0 aromatic heterocycles. The Kier molecular flexibility index (Phi) is 7.31. The van der Waals surface area contributed by atoms with E-state index in [0.29, 0.717) is 0 Å². The standard InChI is InChI=1S/C21H30N2/c1-4-23(5-2)16-6-15-22-17-19-9-13-21(14-10-19)20-11-7-18(3)8-12-20/h7-14,22H,4-6,15-17H2,1-3H3. The Balaban J connectivity index is 1.76. The molecular formula is C21H30N2. The number of nitrogens with one attached hydrogen (secondary N) is 1. The quantitative estimate of drug-likeness (QED) is 0.687. The summed E-state index contributed by atoms with van der Waals surface area (Å²) in [7, 11) is 0. The van der Waals surface area contributed by atoms with Crippen molar-refractivity contribution in [3.8, 4) is 11.1 Å². The van der Waals surface area contributed by atoms with Gasteiger partial charge in [-0.2, -0.15) is 0 Å². The molecule has 2 heteroatoms. The Morgan fingerprint density at radius 2 is 1.39 bits per heavy atom. The first kappa shape index (κ1) is 17.7. The molecule has 0 bridgehead atoms. The van der Waals surface area contributed by atoms with E-state index in [4.69, 9.17) is 0 Å². The van der Waals surface area contributed by atoms with Crippen molar-refractivity contribution in [2.75, 3.05) is 26.2 Å². The molecule has 0 amide bonds. The summed E-state index contributed by atoms with van der Waals surface area (Å²) in [6.07, 6.45) is 1.21. The van der Waals surface area contributed by atoms with Crippen LogP contribution in [0.5, 0.6) is 0 Å². The lowest BCUT2D eigenvalue weighted by Crippen LogP contribution is -2.27. The van der Waals surface area contributed by atoms with Crippen LogP contribution in [0.25, 0.3) is 11.1 Å². The van der Waals surface area contributed by atoms with Crippen LogP contribution in [0.4, 0.5) is 0 Å². The van der Waals surface area contributed by atoms with Crippen LogP contribution in [-0.2, 0) is 6.54 Å². The summed E-state index contributed by atoms with van der Waals surface area (Å²) >= 11 is 0. The number of hydrogen-bond acceptors (Lipinski definition) is 2. The van der Waals surface area contributed by atoms with E-state index < -0.39 is 0 Å². The third-order valence-corrected chi connectivity index (χ3v) is 4.39. The fourth-order valence-corrected chi connectivity index (χ4v) is 2.76. The maximum atomic E-state index is 3.55. The maximum absolute atomic E-state index is 3.55. The molecule has 0 heterocycles. The molecule has 23 heavy (non-hydrogen) atoms. The molecule has 2 nitrogen and oxygen atoms in total. The van der Waals surface area contributed by atoms with E-state index in [9.17, 15) is 0 Å². The topological polar surface area (TPSA) is 15.3 Å². The Morgan fingerprint density at radius 1 is 0.826 bits per heavy atom. The molecule has 1 N–H and O–H groups in total. The molecule has 2 aromatic carbocycles. The summed E-state index contributed by atoms with van der Waals surface area (Å²) in [6.45, 7) is 12.1. The number of rotatable bonds is 9. The van der Waals surface area contributed by atoms with Crippen molar-refractivity contribution in [1.29, 1.82) is 0 Å². The van der Waals surface area contributed by atoms with Gasteiger partial charge in [0, 0.05) is 6.54 Å². The van der Waals surface area contributed by atoms with E-state index in [2.05, 4.69) is 79.5 Å². The van der Waals surface area contributed by atoms with Gasteiger partial charge in [0.1, 0.15) is 0 Å². The highest BCUT2D eigenvalue weighted by Crippen LogP contribution is 2.20. The number of benzene rings is 2. The van der Waals surface area contributed by atoms with E-state index >= 15 is 0 Å². The molecule has 0 aliphatic rings. The molecule has 2 aromatic rings. The Labute approximate surface area is 141 Å². The van der Waals surface area contributed by atoms with Crippen LogP contribution in [0.15, 0.2) is 48.5 Å². The first-order valence-electron chi connectivity index (χ1n) is 8.82. The van der Waals surface area contributed by atoms with Gasteiger partial charge in [-0.25, -0.2) is 0 Å². The maximum Gasteiger partial charge on any atom is 0.0205 e. The van der Waals surface area contributed by atoms with E-state index in [1.54, 1.807) is 0 Å². The predicted octanol–water partition coefficient (Wildman–Crippen LogP) is 4.48. The molecule has 0 saturated heterocycles.